The van der Waals surface area contributed by atoms with Gasteiger partial charge in [-0.1, -0.05) is 0 Å². The Morgan fingerprint density at radius 2 is 2.19 bits per heavy atom. The van der Waals surface area contributed by atoms with E-state index in [-0.39, 0.29) is 5.91 Å². The largest absolute Gasteiger partial charge is 0.399 e. The van der Waals surface area contributed by atoms with Gasteiger partial charge in [0.1, 0.15) is 18.0 Å². The number of fused-ring (bicyclic) bond motifs is 1. The molecule has 0 radical (unpaired) electrons. The van der Waals surface area contributed by atoms with Gasteiger partial charge in [0.15, 0.2) is 0 Å². The molecule has 1 amide bonds. The number of rotatable bonds is 4. The average molecular weight is 288 g/mol. The van der Waals surface area contributed by atoms with Crippen molar-refractivity contribution in [2.45, 2.75) is 44.9 Å². The topological polar surface area (TPSA) is 93.2 Å². The van der Waals surface area contributed by atoms with E-state index in [1.54, 1.807) is 23.6 Å². The van der Waals surface area contributed by atoms with Crippen molar-refractivity contribution in [2.75, 3.05) is 5.73 Å². The summed E-state index contributed by atoms with van der Waals surface area (Å²) < 4.78 is 1.79. The van der Waals surface area contributed by atoms with Crippen LogP contribution in [-0.2, 0) is 4.79 Å². The van der Waals surface area contributed by atoms with Crippen molar-refractivity contribution in [3.63, 3.8) is 0 Å². The van der Waals surface area contributed by atoms with Crippen LogP contribution in [0.25, 0.3) is 11.0 Å². The summed E-state index contributed by atoms with van der Waals surface area (Å²) in [5.41, 5.74) is 7.88. The number of aromatic nitrogens is 2. The first-order valence-corrected chi connectivity index (χ1v) is 7.23. The lowest BCUT2D eigenvalue weighted by Crippen LogP contribution is -2.33. The summed E-state index contributed by atoms with van der Waals surface area (Å²) in [6, 6.07) is 5.25. The summed E-state index contributed by atoms with van der Waals surface area (Å²) >= 11 is 0. The Balaban J connectivity index is 2.05. The van der Waals surface area contributed by atoms with Gasteiger partial charge in [0.05, 0.1) is 11.0 Å². The van der Waals surface area contributed by atoms with Crippen molar-refractivity contribution >= 4 is 22.6 Å². The number of hydrogen-bond donors (Lipinski definition) is 3. The van der Waals surface area contributed by atoms with E-state index < -0.39 is 12.1 Å². The molecule has 1 fully saturated rings. The van der Waals surface area contributed by atoms with E-state index in [2.05, 4.69) is 10.3 Å². The van der Waals surface area contributed by atoms with Gasteiger partial charge in [-0.2, -0.15) is 0 Å². The summed E-state index contributed by atoms with van der Waals surface area (Å²) in [7, 11) is 0. The third-order valence-electron chi connectivity index (χ3n) is 3.80. The van der Waals surface area contributed by atoms with Gasteiger partial charge < -0.3 is 20.7 Å². The Labute approximate surface area is 123 Å². The molecule has 0 saturated heterocycles. The van der Waals surface area contributed by atoms with Gasteiger partial charge in [-0.05, 0) is 44.9 Å². The minimum atomic E-state index is -0.755. The number of benzene rings is 1. The minimum Gasteiger partial charge on any atom is -0.399 e. The maximum absolute atomic E-state index is 12.3. The molecule has 21 heavy (non-hydrogen) atoms. The van der Waals surface area contributed by atoms with E-state index in [1.165, 1.54) is 0 Å². The van der Waals surface area contributed by atoms with E-state index in [0.717, 1.165) is 18.4 Å². The molecule has 1 aliphatic rings. The zero-order valence-corrected chi connectivity index (χ0v) is 12.2. The molecule has 1 aromatic carbocycles. The van der Waals surface area contributed by atoms with Crippen LogP contribution in [0.5, 0.6) is 0 Å². The first-order chi connectivity index (χ1) is 9.97. The van der Waals surface area contributed by atoms with E-state index in [4.69, 9.17) is 5.73 Å². The molecule has 2 atom stereocenters. The molecule has 6 heteroatoms. The average Bonchev–Trinajstić information content (AvgIpc) is 3.15. The lowest BCUT2D eigenvalue weighted by molar-refractivity contribution is -0.124. The van der Waals surface area contributed by atoms with Crippen LogP contribution in [-0.4, -0.2) is 26.6 Å². The number of nitrogens with zero attached hydrogens (tertiary/aromatic N) is 2. The van der Waals surface area contributed by atoms with Crippen molar-refractivity contribution in [2.24, 2.45) is 0 Å². The smallest absolute Gasteiger partial charge is 0.243 e. The number of amides is 1. The number of carbonyl (C=O) groups is 1. The van der Waals surface area contributed by atoms with Gasteiger partial charge in [-0.15, -0.1) is 0 Å². The Kier molecular flexibility index (Phi) is 3.33. The van der Waals surface area contributed by atoms with Gasteiger partial charge in [-0.3, -0.25) is 4.79 Å². The van der Waals surface area contributed by atoms with E-state index >= 15 is 0 Å². The van der Waals surface area contributed by atoms with Crippen LogP contribution < -0.4 is 11.1 Å². The number of nitrogens with one attached hydrogen (secondary N) is 1. The van der Waals surface area contributed by atoms with Crippen LogP contribution in [0.15, 0.2) is 18.2 Å². The zero-order chi connectivity index (χ0) is 15.1. The number of hydrogen-bond acceptors (Lipinski definition) is 4. The van der Waals surface area contributed by atoms with Gasteiger partial charge >= 0.3 is 0 Å². The maximum atomic E-state index is 12.3. The van der Waals surface area contributed by atoms with Crippen molar-refractivity contribution in [3.8, 4) is 0 Å². The lowest BCUT2D eigenvalue weighted by Gasteiger charge is -2.18. The highest BCUT2D eigenvalue weighted by Gasteiger charge is 2.28. The van der Waals surface area contributed by atoms with Crippen LogP contribution in [0.1, 0.15) is 44.7 Å². The Morgan fingerprint density at radius 3 is 2.81 bits per heavy atom. The molecule has 1 heterocycles. The van der Waals surface area contributed by atoms with Gasteiger partial charge in [0, 0.05) is 11.7 Å². The van der Waals surface area contributed by atoms with Crippen molar-refractivity contribution in [1.29, 1.82) is 0 Å². The number of carbonyl (C=O) groups excluding carboxylic acids is 1. The van der Waals surface area contributed by atoms with Crippen LogP contribution in [0.4, 0.5) is 5.69 Å². The number of imidazole rings is 1. The fourth-order valence-corrected chi connectivity index (χ4v) is 2.50. The fraction of sp³-hybridized carbons (Fsp3) is 0.467. The zero-order valence-electron chi connectivity index (χ0n) is 12.2. The van der Waals surface area contributed by atoms with Gasteiger partial charge in [-0.25, -0.2) is 4.98 Å². The van der Waals surface area contributed by atoms with Crippen molar-refractivity contribution < 1.29 is 9.90 Å². The molecular weight excluding hydrogens is 268 g/mol. The molecule has 0 aliphatic heterocycles. The summed E-state index contributed by atoms with van der Waals surface area (Å²) in [6.07, 6.45) is 1.33. The first kappa shape index (κ1) is 13.9. The lowest BCUT2D eigenvalue weighted by atomic mass is 10.2. The van der Waals surface area contributed by atoms with Crippen LogP contribution in [0.3, 0.4) is 0 Å². The van der Waals surface area contributed by atoms with Gasteiger partial charge in [0.25, 0.3) is 0 Å². The molecule has 112 valence electrons. The van der Waals surface area contributed by atoms with Gasteiger partial charge in [0.2, 0.25) is 5.91 Å². The highest BCUT2D eigenvalue weighted by Crippen LogP contribution is 2.27. The van der Waals surface area contributed by atoms with Crippen LogP contribution in [0, 0.1) is 0 Å². The Hall–Kier alpha value is -2.08. The number of nitrogen functional groups attached to an aromatic ring is 1. The van der Waals surface area contributed by atoms with Crippen LogP contribution >= 0.6 is 0 Å². The van der Waals surface area contributed by atoms with E-state index in [0.29, 0.717) is 23.1 Å². The molecular formula is C15H20N4O2. The third-order valence-corrected chi connectivity index (χ3v) is 3.80. The molecule has 0 bridgehead atoms. The number of nitrogens with two attached hydrogens (primary N) is 1. The number of aliphatic hydroxyl groups excluding tert-OH is 1. The van der Waals surface area contributed by atoms with Crippen LogP contribution in [0.2, 0.25) is 0 Å². The second-order valence-corrected chi connectivity index (χ2v) is 5.72. The Bertz CT molecular complexity index is 688. The summed E-state index contributed by atoms with van der Waals surface area (Å²) in [4.78, 5) is 16.7. The van der Waals surface area contributed by atoms with Crippen molar-refractivity contribution in [1.82, 2.24) is 14.9 Å². The third kappa shape index (κ3) is 2.58. The van der Waals surface area contributed by atoms with E-state index in [9.17, 15) is 9.90 Å². The maximum Gasteiger partial charge on any atom is 0.243 e. The molecule has 6 nitrogen and oxygen atoms in total. The molecule has 4 N–H and O–H groups in total. The molecule has 1 saturated carbocycles. The molecule has 2 aromatic rings. The quantitative estimate of drug-likeness (QED) is 0.743. The second-order valence-electron chi connectivity index (χ2n) is 5.72. The highest BCUT2D eigenvalue weighted by atomic mass is 16.3. The summed E-state index contributed by atoms with van der Waals surface area (Å²) in [5, 5.41) is 12.9. The molecule has 1 aromatic heterocycles. The highest BCUT2D eigenvalue weighted by molar-refractivity contribution is 5.85. The number of anilines is 1. The van der Waals surface area contributed by atoms with Crippen molar-refractivity contribution in [3.05, 3.63) is 24.0 Å². The first-order valence-electron chi connectivity index (χ1n) is 7.23. The fourth-order valence-electron chi connectivity index (χ4n) is 2.50. The SMILES string of the molecule is CC(O)c1nc2cc(N)ccc2n1C(C)C(=O)NC1CC1. The molecule has 3 rings (SSSR count). The predicted octanol–water partition coefficient (Wildman–Crippen LogP) is 1.51. The number of aliphatic hydroxyl groups is 1. The van der Waals surface area contributed by atoms with E-state index in [1.807, 2.05) is 13.0 Å². The molecule has 2 unspecified atom stereocenters. The summed E-state index contributed by atoms with van der Waals surface area (Å²) in [6.45, 7) is 3.47. The monoisotopic (exact) mass is 288 g/mol. The standard InChI is InChI=1S/C15H20N4O2/c1-8(15(21)17-11-4-5-11)19-13-6-3-10(16)7-12(13)18-14(19)9(2)20/h3,6-9,11,20H,4-5,16H2,1-2H3,(H,17,21). The summed E-state index contributed by atoms with van der Waals surface area (Å²) in [5.74, 6) is 0.435. The molecule has 0 spiro atoms. The minimum absolute atomic E-state index is 0.0458. The molecule has 1 aliphatic carbocycles. The normalized spacial score (nSPS) is 17.7. The second kappa shape index (κ2) is 5.04. The Morgan fingerprint density at radius 1 is 1.48 bits per heavy atom. The predicted molar refractivity (Wildman–Crippen MR) is 80.7 cm³/mol.